The molecule has 0 radical (unpaired) electrons. The van der Waals surface area contributed by atoms with Gasteiger partial charge in [-0.3, -0.25) is 4.57 Å². The Morgan fingerprint density at radius 1 is 1.03 bits per heavy atom. The summed E-state index contributed by atoms with van der Waals surface area (Å²) in [5.74, 6) is 2.20. The van der Waals surface area contributed by atoms with E-state index in [-0.39, 0.29) is 11.7 Å². The number of carboxylic acid groups (broad SMARTS) is 1. The van der Waals surface area contributed by atoms with Gasteiger partial charge in [-0.1, -0.05) is 24.3 Å². The molecule has 5 rings (SSSR count). The summed E-state index contributed by atoms with van der Waals surface area (Å²) in [6.07, 6.45) is 2.26. The van der Waals surface area contributed by atoms with Crippen LogP contribution >= 0.6 is 0 Å². The van der Waals surface area contributed by atoms with E-state index in [1.807, 2.05) is 48.5 Å². The lowest BCUT2D eigenvalue weighted by Gasteiger charge is -2.25. The fraction of sp³-hybridized carbons (Fsp3) is 0.321. The van der Waals surface area contributed by atoms with Crippen LogP contribution in [0.3, 0.4) is 0 Å². The highest BCUT2D eigenvalue weighted by atomic mass is 16.5. The number of carbonyl (C=O) groups is 1. The highest BCUT2D eigenvalue weighted by Gasteiger charge is 2.30. The highest BCUT2D eigenvalue weighted by Crippen LogP contribution is 2.28. The highest BCUT2D eigenvalue weighted by molar-refractivity contribution is 5.86. The molecule has 0 spiro atoms. The number of benzene rings is 2. The van der Waals surface area contributed by atoms with E-state index in [9.17, 15) is 14.7 Å². The van der Waals surface area contributed by atoms with Crippen LogP contribution in [0.1, 0.15) is 24.0 Å². The summed E-state index contributed by atoms with van der Waals surface area (Å²) in [6, 6.07) is 17.3. The van der Waals surface area contributed by atoms with Gasteiger partial charge in [-0.2, -0.15) is 0 Å². The van der Waals surface area contributed by atoms with Crippen molar-refractivity contribution in [2.24, 2.45) is 0 Å². The van der Waals surface area contributed by atoms with Crippen molar-refractivity contribution < 1.29 is 19.4 Å². The number of rotatable bonds is 9. The Kier molecular flexibility index (Phi) is 7.21. The smallest absolute Gasteiger partial charge is 0.407 e. The first-order valence-corrected chi connectivity index (χ1v) is 12.5. The van der Waals surface area contributed by atoms with Gasteiger partial charge in [0.2, 0.25) is 0 Å². The molecule has 1 aliphatic heterocycles. The van der Waals surface area contributed by atoms with Crippen molar-refractivity contribution in [2.45, 2.75) is 38.5 Å². The van der Waals surface area contributed by atoms with Crippen LogP contribution in [-0.4, -0.2) is 57.4 Å². The number of hydrogen-bond donors (Lipinski definition) is 2. The molecule has 3 heterocycles. The molecule has 198 valence electrons. The number of H-pyrrole nitrogens is 1. The number of nitrogens with one attached hydrogen (secondary N) is 1. The van der Waals surface area contributed by atoms with Crippen LogP contribution in [0, 0.1) is 0 Å². The number of anilines is 1. The first-order valence-electron chi connectivity index (χ1n) is 12.5. The predicted octanol–water partition coefficient (Wildman–Crippen LogP) is 4.09. The van der Waals surface area contributed by atoms with E-state index in [0.717, 1.165) is 35.5 Å². The standard InChI is InChI=1S/C28H31N5O5/c1-37-22-9-5-19(6-10-22)16-31(17-20-7-11-23(38-2)12-8-20)26-25-24(13-14-29-26)33(27(34)30-25)18-21-4-3-15-32(21)28(35)36/h5-14,21H,3-4,15-18H2,1-2H3,(H,30,34)(H,35,36). The summed E-state index contributed by atoms with van der Waals surface area (Å²) in [5.41, 5.74) is 3.16. The number of likely N-dealkylation sites (tertiary alicyclic amines) is 1. The van der Waals surface area contributed by atoms with Gasteiger partial charge in [0.15, 0.2) is 5.82 Å². The van der Waals surface area contributed by atoms with Crippen LogP contribution in [0.25, 0.3) is 11.0 Å². The summed E-state index contributed by atoms with van der Waals surface area (Å²) >= 11 is 0. The second kappa shape index (κ2) is 10.9. The Hall–Kier alpha value is -4.47. The number of fused-ring (bicyclic) bond motifs is 1. The number of nitrogens with zero attached hydrogens (tertiary/aromatic N) is 4. The van der Waals surface area contributed by atoms with E-state index in [1.54, 1.807) is 31.0 Å². The zero-order chi connectivity index (χ0) is 26.6. The molecule has 0 aliphatic carbocycles. The third-order valence-corrected chi connectivity index (χ3v) is 7.06. The van der Waals surface area contributed by atoms with E-state index in [0.29, 0.717) is 43.0 Å². The second-order valence-corrected chi connectivity index (χ2v) is 9.39. The van der Waals surface area contributed by atoms with Crippen molar-refractivity contribution in [3.63, 3.8) is 0 Å². The average Bonchev–Trinajstić information content (AvgIpc) is 3.53. The number of hydrogen-bond acceptors (Lipinski definition) is 6. The number of imidazole rings is 1. The van der Waals surface area contributed by atoms with E-state index >= 15 is 0 Å². The van der Waals surface area contributed by atoms with E-state index < -0.39 is 6.09 Å². The Morgan fingerprint density at radius 3 is 2.18 bits per heavy atom. The van der Waals surface area contributed by atoms with Gasteiger partial charge in [0.1, 0.15) is 17.0 Å². The van der Waals surface area contributed by atoms with E-state index in [1.165, 1.54) is 4.90 Å². The Bertz CT molecular complexity index is 1410. The molecule has 4 aromatic rings. The van der Waals surface area contributed by atoms with Crippen molar-refractivity contribution in [1.29, 1.82) is 0 Å². The predicted molar refractivity (Wildman–Crippen MR) is 144 cm³/mol. The molecular formula is C28H31N5O5. The van der Waals surface area contributed by atoms with Gasteiger partial charge < -0.3 is 29.4 Å². The Morgan fingerprint density at radius 2 is 1.63 bits per heavy atom. The van der Waals surface area contributed by atoms with Crippen molar-refractivity contribution in [3.8, 4) is 11.5 Å². The largest absolute Gasteiger partial charge is 0.497 e. The Balaban J connectivity index is 1.52. The maximum Gasteiger partial charge on any atom is 0.407 e. The lowest BCUT2D eigenvalue weighted by molar-refractivity contribution is 0.136. The third kappa shape index (κ3) is 5.15. The summed E-state index contributed by atoms with van der Waals surface area (Å²) in [4.78, 5) is 36.0. The zero-order valence-corrected chi connectivity index (χ0v) is 21.5. The van der Waals surface area contributed by atoms with Crippen LogP contribution in [-0.2, 0) is 19.6 Å². The van der Waals surface area contributed by atoms with Gasteiger partial charge in [-0.25, -0.2) is 14.6 Å². The second-order valence-electron chi connectivity index (χ2n) is 9.39. The Labute approximate surface area is 220 Å². The minimum absolute atomic E-state index is 0.240. The first kappa shape index (κ1) is 25.2. The van der Waals surface area contributed by atoms with E-state index in [4.69, 9.17) is 9.47 Å². The van der Waals surface area contributed by atoms with Gasteiger partial charge in [-0.05, 0) is 54.3 Å². The maximum absolute atomic E-state index is 13.1. The summed E-state index contributed by atoms with van der Waals surface area (Å²) in [6.45, 7) is 1.88. The third-order valence-electron chi connectivity index (χ3n) is 7.06. The minimum Gasteiger partial charge on any atom is -0.497 e. The van der Waals surface area contributed by atoms with Crippen molar-refractivity contribution in [3.05, 3.63) is 82.4 Å². The van der Waals surface area contributed by atoms with Gasteiger partial charge in [-0.15, -0.1) is 0 Å². The fourth-order valence-electron chi connectivity index (χ4n) is 5.09. The van der Waals surface area contributed by atoms with Crippen molar-refractivity contribution in [1.82, 2.24) is 19.4 Å². The van der Waals surface area contributed by atoms with Gasteiger partial charge in [0.05, 0.1) is 25.8 Å². The molecule has 1 aliphatic rings. The van der Waals surface area contributed by atoms with Crippen molar-refractivity contribution in [2.75, 3.05) is 25.7 Å². The molecule has 1 atom stereocenters. The lowest BCUT2D eigenvalue weighted by Crippen LogP contribution is -2.38. The molecule has 2 aromatic heterocycles. The van der Waals surface area contributed by atoms with Crippen LogP contribution < -0.4 is 20.1 Å². The zero-order valence-electron chi connectivity index (χ0n) is 21.5. The van der Waals surface area contributed by atoms with Gasteiger partial charge in [0.25, 0.3) is 0 Å². The summed E-state index contributed by atoms with van der Waals surface area (Å²) in [7, 11) is 3.27. The number of methoxy groups -OCH3 is 2. The maximum atomic E-state index is 13.1. The average molecular weight is 518 g/mol. The molecule has 38 heavy (non-hydrogen) atoms. The van der Waals surface area contributed by atoms with Crippen LogP contribution in [0.4, 0.5) is 10.6 Å². The number of aromatic nitrogens is 3. The molecule has 1 amide bonds. The quantitative estimate of drug-likeness (QED) is 0.344. The van der Waals surface area contributed by atoms with Crippen LogP contribution in [0.15, 0.2) is 65.6 Å². The molecule has 0 saturated carbocycles. The van der Waals surface area contributed by atoms with Gasteiger partial charge in [0, 0.05) is 32.4 Å². The molecule has 10 heteroatoms. The normalized spacial score (nSPS) is 15.1. The fourth-order valence-corrected chi connectivity index (χ4v) is 5.09. The van der Waals surface area contributed by atoms with Crippen LogP contribution in [0.2, 0.25) is 0 Å². The molecule has 0 bridgehead atoms. The summed E-state index contributed by atoms with van der Waals surface area (Å²) in [5, 5.41) is 9.56. The first-order chi connectivity index (χ1) is 18.5. The van der Waals surface area contributed by atoms with E-state index in [2.05, 4.69) is 14.9 Å². The molecule has 2 N–H and O–H groups in total. The number of pyridine rings is 1. The number of amides is 1. The molecule has 10 nitrogen and oxygen atoms in total. The minimum atomic E-state index is -0.951. The lowest BCUT2D eigenvalue weighted by atomic mass is 10.1. The monoisotopic (exact) mass is 517 g/mol. The molecule has 2 aromatic carbocycles. The molecule has 1 unspecified atom stereocenters. The molecule has 1 fully saturated rings. The SMILES string of the molecule is COc1ccc(CN(Cc2ccc(OC)cc2)c2nccc3c2[nH]c(=O)n3CC2CCCN2C(=O)O)cc1. The molecular weight excluding hydrogens is 486 g/mol. The molecule has 1 saturated heterocycles. The number of aromatic amines is 1. The number of ether oxygens (including phenoxy) is 2. The van der Waals surface area contributed by atoms with Gasteiger partial charge >= 0.3 is 11.8 Å². The topological polar surface area (TPSA) is 113 Å². The van der Waals surface area contributed by atoms with Crippen LogP contribution in [0.5, 0.6) is 11.5 Å². The van der Waals surface area contributed by atoms with Crippen molar-refractivity contribution >= 4 is 22.9 Å². The summed E-state index contributed by atoms with van der Waals surface area (Å²) < 4.78 is 12.2.